The van der Waals surface area contributed by atoms with E-state index in [2.05, 4.69) is 36.0 Å². The molecule has 3 heteroatoms. The molecule has 204 valence electrons. The zero-order valence-electron chi connectivity index (χ0n) is 23.5. The number of nitrogens with zero attached hydrogens (tertiary/aromatic N) is 2. The fourth-order valence-corrected chi connectivity index (χ4v) is 5.12. The quantitative estimate of drug-likeness (QED) is 0.100. The fraction of sp³-hybridized carbons (Fsp3) is 0.935. The zero-order valence-corrected chi connectivity index (χ0v) is 25.3. The number of hydrogen-bond acceptors (Lipinski definition) is 2. The molecule has 0 unspecified atom stereocenters. The Hall–Kier alpha value is -0.180. The predicted molar refractivity (Wildman–Crippen MR) is 160 cm³/mol. The molecule has 0 aliphatic carbocycles. The Kier molecular flexibility index (Phi) is 27.3. The van der Waals surface area contributed by atoms with E-state index in [0.29, 0.717) is 0 Å². The minimum absolute atomic E-state index is 0. The maximum atomic E-state index is 2.52. The number of halogens is 1. The lowest BCUT2D eigenvalue weighted by atomic mass is 10.0. The van der Waals surface area contributed by atoms with E-state index in [1.54, 1.807) is 0 Å². The molecule has 0 radical (unpaired) electrons. The molecule has 0 fully saturated rings. The van der Waals surface area contributed by atoms with Crippen molar-refractivity contribution in [1.29, 1.82) is 0 Å². The van der Waals surface area contributed by atoms with Crippen LogP contribution in [0.4, 0.5) is 0 Å². The van der Waals surface area contributed by atoms with Crippen LogP contribution in [0.5, 0.6) is 0 Å². The van der Waals surface area contributed by atoms with Gasteiger partial charge in [0.2, 0.25) is 0 Å². The fourth-order valence-electron chi connectivity index (χ4n) is 5.12. The molecule has 0 bridgehead atoms. The van der Waals surface area contributed by atoms with E-state index in [9.17, 15) is 0 Å². The molecule has 0 saturated carbocycles. The van der Waals surface area contributed by atoms with E-state index in [1.165, 1.54) is 167 Å². The molecule has 0 aromatic carbocycles. The molecule has 1 rings (SSSR count). The first-order valence-electron chi connectivity index (χ1n) is 15.5. The van der Waals surface area contributed by atoms with Gasteiger partial charge in [-0.15, -0.1) is 17.0 Å². The van der Waals surface area contributed by atoms with Crippen molar-refractivity contribution in [3.8, 4) is 0 Å². The summed E-state index contributed by atoms with van der Waals surface area (Å²) < 4.78 is 0. The number of rotatable bonds is 26. The van der Waals surface area contributed by atoms with Gasteiger partial charge in [0.05, 0.1) is 6.67 Å². The van der Waals surface area contributed by atoms with E-state index in [-0.39, 0.29) is 17.0 Å². The molecule has 0 aromatic rings. The Labute approximate surface area is 226 Å². The molecule has 0 saturated heterocycles. The third-order valence-corrected chi connectivity index (χ3v) is 7.45. The second-order valence-electron chi connectivity index (χ2n) is 10.8. The lowest BCUT2D eigenvalue weighted by Gasteiger charge is -2.21. The second kappa shape index (κ2) is 27.4. The van der Waals surface area contributed by atoms with E-state index in [0.717, 1.165) is 6.67 Å². The second-order valence-corrected chi connectivity index (χ2v) is 10.8. The molecule has 0 aromatic heterocycles. The van der Waals surface area contributed by atoms with Crippen molar-refractivity contribution < 1.29 is 0 Å². The maximum absolute atomic E-state index is 2.52. The summed E-state index contributed by atoms with van der Waals surface area (Å²) in [5, 5.41) is 0. The average molecular weight is 544 g/mol. The highest BCUT2D eigenvalue weighted by Gasteiger charge is 2.10. The summed E-state index contributed by atoms with van der Waals surface area (Å²) in [5.74, 6) is 0. The standard InChI is InChI=1S/C31H62N2.BrH/c1-3-5-7-9-11-13-15-16-17-18-20-22-24-26-28-33-30-29-32(31-33)27-25-23-21-19-14-12-10-8-6-4-2;/h29-30H,3-28,31H2,1-2H3;1H. The highest BCUT2D eigenvalue weighted by atomic mass is 79.9. The summed E-state index contributed by atoms with van der Waals surface area (Å²) >= 11 is 0. The van der Waals surface area contributed by atoms with Gasteiger partial charge in [0, 0.05) is 25.5 Å². The van der Waals surface area contributed by atoms with Crippen LogP contribution in [-0.4, -0.2) is 29.6 Å². The van der Waals surface area contributed by atoms with Gasteiger partial charge >= 0.3 is 0 Å². The van der Waals surface area contributed by atoms with Crippen LogP contribution in [0.1, 0.15) is 168 Å². The predicted octanol–water partition coefficient (Wildman–Crippen LogP) is 11.0. The van der Waals surface area contributed by atoms with Crippen LogP contribution >= 0.6 is 17.0 Å². The third kappa shape index (κ3) is 22.3. The lowest BCUT2D eigenvalue weighted by molar-refractivity contribution is 0.257. The zero-order chi connectivity index (χ0) is 23.7. The SMILES string of the molecule is Br.CCCCCCCCCCCCCCCCN1C=CN(CCCCCCCCCCCC)C1. The van der Waals surface area contributed by atoms with Crippen LogP contribution in [0.15, 0.2) is 12.4 Å². The molecular formula is C31H63BrN2. The molecule has 2 nitrogen and oxygen atoms in total. The number of hydrogen-bond donors (Lipinski definition) is 0. The molecule has 1 heterocycles. The lowest BCUT2D eigenvalue weighted by Crippen LogP contribution is -2.26. The highest BCUT2D eigenvalue weighted by Crippen LogP contribution is 2.15. The van der Waals surface area contributed by atoms with Crippen LogP contribution < -0.4 is 0 Å². The van der Waals surface area contributed by atoms with Gasteiger partial charge in [0.15, 0.2) is 0 Å². The van der Waals surface area contributed by atoms with Crippen molar-refractivity contribution >= 4 is 17.0 Å². The summed E-state index contributed by atoms with van der Waals surface area (Å²) in [6.07, 6.45) is 39.2. The van der Waals surface area contributed by atoms with Gasteiger partial charge in [0.25, 0.3) is 0 Å². The van der Waals surface area contributed by atoms with E-state index in [1.807, 2.05) is 0 Å². The van der Waals surface area contributed by atoms with Gasteiger partial charge in [0.1, 0.15) is 0 Å². The van der Waals surface area contributed by atoms with Gasteiger partial charge in [-0.3, -0.25) is 0 Å². The van der Waals surface area contributed by atoms with Crippen molar-refractivity contribution in [2.75, 3.05) is 19.8 Å². The Morgan fingerprint density at radius 1 is 0.382 bits per heavy atom. The van der Waals surface area contributed by atoms with Gasteiger partial charge in [-0.2, -0.15) is 0 Å². The Balaban J connectivity index is 0.0000109. The molecule has 0 N–H and O–H groups in total. The van der Waals surface area contributed by atoms with E-state index >= 15 is 0 Å². The minimum atomic E-state index is 0. The first-order chi connectivity index (χ1) is 16.4. The minimum Gasteiger partial charge on any atom is -0.359 e. The van der Waals surface area contributed by atoms with E-state index < -0.39 is 0 Å². The van der Waals surface area contributed by atoms with Crippen LogP contribution in [-0.2, 0) is 0 Å². The Morgan fingerprint density at radius 2 is 0.618 bits per heavy atom. The van der Waals surface area contributed by atoms with Crippen LogP contribution in [0.25, 0.3) is 0 Å². The topological polar surface area (TPSA) is 6.48 Å². The molecule has 0 amide bonds. The summed E-state index contributed by atoms with van der Waals surface area (Å²) in [6.45, 7) is 8.24. The Bertz CT molecular complexity index is 412. The van der Waals surface area contributed by atoms with Crippen molar-refractivity contribution in [3.05, 3.63) is 12.4 Å². The van der Waals surface area contributed by atoms with Crippen LogP contribution in [0.3, 0.4) is 0 Å². The third-order valence-electron chi connectivity index (χ3n) is 7.45. The van der Waals surface area contributed by atoms with Crippen LogP contribution in [0.2, 0.25) is 0 Å². The van der Waals surface area contributed by atoms with Crippen molar-refractivity contribution in [3.63, 3.8) is 0 Å². The Morgan fingerprint density at radius 3 is 0.882 bits per heavy atom. The van der Waals surface area contributed by atoms with Gasteiger partial charge in [-0.1, -0.05) is 155 Å². The highest BCUT2D eigenvalue weighted by molar-refractivity contribution is 8.93. The summed E-state index contributed by atoms with van der Waals surface area (Å²) in [6, 6.07) is 0. The largest absolute Gasteiger partial charge is 0.359 e. The number of unbranched alkanes of at least 4 members (excludes halogenated alkanes) is 22. The normalized spacial score (nSPS) is 13.1. The molecule has 1 aliphatic heterocycles. The van der Waals surface area contributed by atoms with E-state index in [4.69, 9.17) is 0 Å². The van der Waals surface area contributed by atoms with Crippen LogP contribution in [0, 0.1) is 0 Å². The molecule has 34 heavy (non-hydrogen) atoms. The van der Waals surface area contributed by atoms with Crippen molar-refractivity contribution in [2.24, 2.45) is 0 Å². The maximum Gasteiger partial charge on any atom is 0.0893 e. The first-order valence-corrected chi connectivity index (χ1v) is 15.5. The molecule has 1 aliphatic rings. The summed E-state index contributed by atoms with van der Waals surface area (Å²) in [7, 11) is 0. The monoisotopic (exact) mass is 542 g/mol. The summed E-state index contributed by atoms with van der Waals surface area (Å²) in [5.41, 5.74) is 0. The first kappa shape index (κ1) is 33.8. The molecule has 0 spiro atoms. The van der Waals surface area contributed by atoms with Crippen molar-refractivity contribution in [1.82, 2.24) is 9.80 Å². The smallest absolute Gasteiger partial charge is 0.0893 e. The average Bonchev–Trinajstić information content (AvgIpc) is 3.28. The summed E-state index contributed by atoms with van der Waals surface area (Å²) in [4.78, 5) is 5.05. The molecular weight excluding hydrogens is 480 g/mol. The van der Waals surface area contributed by atoms with Gasteiger partial charge in [-0.05, 0) is 12.8 Å². The van der Waals surface area contributed by atoms with Gasteiger partial charge in [-0.25, -0.2) is 0 Å². The van der Waals surface area contributed by atoms with Crippen molar-refractivity contribution in [2.45, 2.75) is 168 Å². The van der Waals surface area contributed by atoms with Gasteiger partial charge < -0.3 is 9.80 Å². The molecule has 0 atom stereocenters.